The minimum absolute atomic E-state index is 0.195. The minimum Gasteiger partial charge on any atom is -0.502 e. The standard InChI is InChI=1S/C16H13N5O7/c1-9(22)18-12-4-2-10(3-5-12)16(24)19-17-8-11-6-13(20(25)26)7-14(15(11)23)21(27)28/h2-8,23H,1H3,(H,18,22)(H,19,24)/b17-8+. The Balaban J connectivity index is 2.17. The van der Waals surface area contributed by atoms with Crippen LogP contribution in [0.15, 0.2) is 41.5 Å². The van der Waals surface area contributed by atoms with Gasteiger partial charge in [0.15, 0.2) is 0 Å². The van der Waals surface area contributed by atoms with E-state index in [4.69, 9.17) is 0 Å². The molecule has 0 aromatic heterocycles. The number of hydrogen-bond donors (Lipinski definition) is 3. The van der Waals surface area contributed by atoms with E-state index < -0.39 is 32.9 Å². The fraction of sp³-hybridized carbons (Fsp3) is 0.0625. The lowest BCUT2D eigenvalue weighted by atomic mass is 10.1. The molecule has 2 amide bonds. The molecule has 0 spiro atoms. The van der Waals surface area contributed by atoms with Gasteiger partial charge >= 0.3 is 5.69 Å². The number of hydrazone groups is 1. The highest BCUT2D eigenvalue weighted by molar-refractivity contribution is 5.96. The lowest BCUT2D eigenvalue weighted by Gasteiger charge is -2.04. The van der Waals surface area contributed by atoms with E-state index in [0.717, 1.165) is 12.3 Å². The zero-order valence-electron chi connectivity index (χ0n) is 14.3. The summed E-state index contributed by atoms with van der Waals surface area (Å²) in [6.45, 7) is 1.34. The van der Waals surface area contributed by atoms with Crippen LogP contribution in [0.25, 0.3) is 0 Å². The second-order valence-corrected chi connectivity index (χ2v) is 5.37. The molecule has 0 aliphatic carbocycles. The number of non-ortho nitro benzene ring substituents is 1. The highest BCUT2D eigenvalue weighted by Gasteiger charge is 2.23. The predicted octanol–water partition coefficient (Wildman–Crippen LogP) is 1.93. The molecule has 0 saturated heterocycles. The Hall–Kier alpha value is -4.35. The number of rotatable bonds is 6. The second-order valence-electron chi connectivity index (χ2n) is 5.37. The topological polar surface area (TPSA) is 177 Å². The van der Waals surface area contributed by atoms with Crippen molar-refractivity contribution in [2.24, 2.45) is 5.10 Å². The summed E-state index contributed by atoms with van der Waals surface area (Å²) in [5.74, 6) is -1.74. The molecule has 0 saturated carbocycles. The van der Waals surface area contributed by atoms with Gasteiger partial charge in [0, 0.05) is 24.2 Å². The summed E-state index contributed by atoms with van der Waals surface area (Å²) in [6.07, 6.45) is 0.846. The van der Waals surface area contributed by atoms with Gasteiger partial charge in [-0.05, 0) is 24.3 Å². The first-order valence-corrected chi connectivity index (χ1v) is 7.56. The average Bonchev–Trinajstić information content (AvgIpc) is 2.62. The van der Waals surface area contributed by atoms with Crippen molar-refractivity contribution in [2.45, 2.75) is 6.92 Å². The summed E-state index contributed by atoms with van der Waals surface area (Å²) >= 11 is 0. The molecule has 12 heteroatoms. The molecule has 2 aromatic carbocycles. The van der Waals surface area contributed by atoms with E-state index in [0.29, 0.717) is 11.8 Å². The van der Waals surface area contributed by atoms with Gasteiger partial charge in [-0.15, -0.1) is 0 Å². The Morgan fingerprint density at radius 2 is 1.75 bits per heavy atom. The number of nitrogens with one attached hydrogen (secondary N) is 2. The Labute approximate surface area is 156 Å². The van der Waals surface area contributed by atoms with Crippen LogP contribution in [0.5, 0.6) is 5.75 Å². The molecule has 12 nitrogen and oxygen atoms in total. The van der Waals surface area contributed by atoms with E-state index in [1.807, 2.05) is 0 Å². The number of carbonyl (C=O) groups excluding carboxylic acids is 2. The van der Waals surface area contributed by atoms with Crippen LogP contribution in [-0.2, 0) is 4.79 Å². The van der Waals surface area contributed by atoms with Gasteiger partial charge in [0.2, 0.25) is 11.7 Å². The zero-order chi connectivity index (χ0) is 20.8. The van der Waals surface area contributed by atoms with Crippen molar-refractivity contribution in [3.05, 3.63) is 67.8 Å². The molecule has 2 aromatic rings. The van der Waals surface area contributed by atoms with Crippen LogP contribution >= 0.6 is 0 Å². The van der Waals surface area contributed by atoms with Crippen LogP contribution in [0.1, 0.15) is 22.8 Å². The summed E-state index contributed by atoms with van der Waals surface area (Å²) in [7, 11) is 0. The van der Waals surface area contributed by atoms with Crippen LogP contribution in [0.4, 0.5) is 17.1 Å². The van der Waals surface area contributed by atoms with Gasteiger partial charge in [-0.3, -0.25) is 29.8 Å². The molecular weight excluding hydrogens is 374 g/mol. The van der Waals surface area contributed by atoms with Crippen LogP contribution in [0.3, 0.4) is 0 Å². The van der Waals surface area contributed by atoms with Crippen LogP contribution in [0.2, 0.25) is 0 Å². The predicted molar refractivity (Wildman–Crippen MR) is 97.2 cm³/mol. The Morgan fingerprint density at radius 1 is 1.11 bits per heavy atom. The van der Waals surface area contributed by atoms with Crippen molar-refractivity contribution in [3.63, 3.8) is 0 Å². The maximum atomic E-state index is 12.0. The van der Waals surface area contributed by atoms with Crippen LogP contribution < -0.4 is 10.7 Å². The van der Waals surface area contributed by atoms with Gasteiger partial charge in [-0.1, -0.05) is 0 Å². The van der Waals surface area contributed by atoms with Gasteiger partial charge in [0.25, 0.3) is 11.6 Å². The number of phenolic OH excluding ortho intramolecular Hbond substituents is 1. The Kier molecular flexibility index (Phi) is 5.96. The molecule has 0 fully saturated rings. The van der Waals surface area contributed by atoms with Gasteiger partial charge < -0.3 is 10.4 Å². The number of phenols is 1. The van der Waals surface area contributed by atoms with E-state index in [1.165, 1.54) is 31.2 Å². The first-order chi connectivity index (χ1) is 13.2. The maximum absolute atomic E-state index is 12.0. The number of nitrogens with zero attached hydrogens (tertiary/aromatic N) is 3. The third kappa shape index (κ3) is 4.85. The van der Waals surface area contributed by atoms with Crippen LogP contribution in [0, 0.1) is 20.2 Å². The average molecular weight is 387 g/mol. The van der Waals surface area contributed by atoms with E-state index in [9.17, 15) is 34.9 Å². The summed E-state index contributed by atoms with van der Waals surface area (Å²) in [4.78, 5) is 42.9. The molecule has 0 atom stereocenters. The smallest absolute Gasteiger partial charge is 0.318 e. The summed E-state index contributed by atoms with van der Waals surface area (Å²) < 4.78 is 0. The molecule has 0 aliphatic heterocycles. The van der Waals surface area contributed by atoms with E-state index >= 15 is 0 Å². The van der Waals surface area contributed by atoms with Gasteiger partial charge in [0.1, 0.15) is 0 Å². The Morgan fingerprint density at radius 3 is 2.29 bits per heavy atom. The minimum atomic E-state index is -0.977. The molecule has 0 unspecified atom stereocenters. The summed E-state index contributed by atoms with van der Waals surface area (Å²) in [5, 5.41) is 37.7. The summed E-state index contributed by atoms with van der Waals surface area (Å²) in [6, 6.07) is 7.32. The van der Waals surface area contributed by atoms with E-state index in [1.54, 1.807) is 0 Å². The number of anilines is 1. The SMILES string of the molecule is CC(=O)Nc1ccc(C(=O)N/N=C/c2cc([N+](=O)[O-])cc([N+](=O)[O-])c2O)cc1. The lowest BCUT2D eigenvalue weighted by Crippen LogP contribution is -2.17. The molecule has 0 aliphatic rings. The molecule has 0 bridgehead atoms. The third-order valence-corrected chi connectivity index (χ3v) is 3.35. The normalized spacial score (nSPS) is 10.5. The number of hydrogen-bond acceptors (Lipinski definition) is 8. The summed E-state index contributed by atoms with van der Waals surface area (Å²) in [5.41, 5.74) is 1.00. The molecule has 3 N–H and O–H groups in total. The van der Waals surface area contributed by atoms with Crippen molar-refractivity contribution in [1.29, 1.82) is 0 Å². The highest BCUT2D eigenvalue weighted by atomic mass is 16.6. The molecule has 28 heavy (non-hydrogen) atoms. The number of carbonyl (C=O) groups is 2. The zero-order valence-corrected chi connectivity index (χ0v) is 14.3. The fourth-order valence-electron chi connectivity index (χ4n) is 2.10. The van der Waals surface area contributed by atoms with Crippen molar-refractivity contribution < 1.29 is 24.5 Å². The molecule has 0 heterocycles. The number of benzene rings is 2. The van der Waals surface area contributed by atoms with Crippen molar-refractivity contribution in [1.82, 2.24) is 5.43 Å². The van der Waals surface area contributed by atoms with Crippen LogP contribution in [-0.4, -0.2) is 33.0 Å². The van der Waals surface area contributed by atoms with Crippen molar-refractivity contribution in [2.75, 3.05) is 5.32 Å². The lowest BCUT2D eigenvalue weighted by molar-refractivity contribution is -0.394. The highest BCUT2D eigenvalue weighted by Crippen LogP contribution is 2.33. The number of nitro groups is 2. The molecular formula is C16H13N5O7. The first-order valence-electron chi connectivity index (χ1n) is 7.56. The number of nitro benzene ring substituents is 2. The number of amides is 2. The van der Waals surface area contributed by atoms with E-state index in [-0.39, 0.29) is 17.0 Å². The monoisotopic (exact) mass is 387 g/mol. The largest absolute Gasteiger partial charge is 0.502 e. The van der Waals surface area contributed by atoms with Gasteiger partial charge in [-0.25, -0.2) is 5.43 Å². The second kappa shape index (κ2) is 8.35. The number of aromatic hydroxyl groups is 1. The molecule has 144 valence electrons. The first kappa shape index (κ1) is 20.0. The van der Waals surface area contributed by atoms with Gasteiger partial charge in [-0.2, -0.15) is 5.10 Å². The fourth-order valence-corrected chi connectivity index (χ4v) is 2.10. The molecule has 0 radical (unpaired) electrons. The van der Waals surface area contributed by atoms with Crippen molar-refractivity contribution in [3.8, 4) is 5.75 Å². The molecule has 2 rings (SSSR count). The van der Waals surface area contributed by atoms with Gasteiger partial charge in [0.05, 0.1) is 27.7 Å². The Bertz CT molecular complexity index is 986. The quantitative estimate of drug-likeness (QED) is 0.385. The maximum Gasteiger partial charge on any atom is 0.318 e. The van der Waals surface area contributed by atoms with E-state index in [2.05, 4.69) is 15.8 Å². The third-order valence-electron chi connectivity index (χ3n) is 3.35. The van der Waals surface area contributed by atoms with Crippen molar-refractivity contribution >= 4 is 35.1 Å².